The Balaban J connectivity index is 1.52. The van der Waals surface area contributed by atoms with E-state index in [-0.39, 0.29) is 11.7 Å². The fourth-order valence-corrected chi connectivity index (χ4v) is 5.33. The number of ether oxygens (including phenoxy) is 1. The average molecular weight is 551 g/mol. The summed E-state index contributed by atoms with van der Waals surface area (Å²) < 4.78 is 34.3. The van der Waals surface area contributed by atoms with Crippen LogP contribution in [0.5, 0.6) is 5.75 Å². The second-order valence-corrected chi connectivity index (χ2v) is 10.1. The third kappa shape index (κ3) is 5.81. The van der Waals surface area contributed by atoms with Gasteiger partial charge in [0.25, 0.3) is 17.2 Å². The van der Waals surface area contributed by atoms with E-state index < -0.39 is 29.2 Å². The van der Waals surface area contributed by atoms with Gasteiger partial charge in [-0.3, -0.25) is 13.7 Å². The molecule has 2 unspecified atom stereocenters. The third-order valence-electron chi connectivity index (χ3n) is 6.32. The summed E-state index contributed by atoms with van der Waals surface area (Å²) in [6, 6.07) is 18.2. The van der Waals surface area contributed by atoms with Gasteiger partial charge >= 0.3 is 5.97 Å². The molecule has 3 aromatic carbocycles. The van der Waals surface area contributed by atoms with Crippen molar-refractivity contribution in [1.82, 2.24) is 0 Å². The summed E-state index contributed by atoms with van der Waals surface area (Å²) in [6.07, 6.45) is 0. The van der Waals surface area contributed by atoms with Crippen molar-refractivity contribution >= 4 is 45.5 Å². The number of benzene rings is 3. The van der Waals surface area contributed by atoms with E-state index in [2.05, 4.69) is 5.32 Å². The summed E-state index contributed by atoms with van der Waals surface area (Å²) >= 11 is -2.51. The molecule has 9 nitrogen and oxygen atoms in total. The highest BCUT2D eigenvalue weighted by molar-refractivity contribution is 7.80. The predicted molar refractivity (Wildman–Crippen MR) is 151 cm³/mol. The van der Waals surface area contributed by atoms with Gasteiger partial charge in [-0.2, -0.15) is 0 Å². The van der Waals surface area contributed by atoms with Crippen LogP contribution < -0.4 is 14.4 Å². The summed E-state index contributed by atoms with van der Waals surface area (Å²) in [5.74, 6) is -1.07. The fourth-order valence-electron chi connectivity index (χ4n) is 4.50. The zero-order valence-electron chi connectivity index (χ0n) is 22.0. The molecule has 0 bridgehead atoms. The summed E-state index contributed by atoms with van der Waals surface area (Å²) in [4.78, 5) is 24.7. The molecule has 3 N–H and O–H groups in total. The van der Waals surface area contributed by atoms with Gasteiger partial charge in [-0.15, -0.1) is 0 Å². The first-order chi connectivity index (χ1) is 18.6. The molecule has 39 heavy (non-hydrogen) atoms. The highest BCUT2D eigenvalue weighted by Gasteiger charge is 2.32. The average Bonchev–Trinajstić information content (AvgIpc) is 3.24. The molecule has 0 aliphatic rings. The lowest BCUT2D eigenvalue weighted by molar-refractivity contribution is -0.139. The lowest BCUT2D eigenvalue weighted by Crippen LogP contribution is -2.45. The maximum Gasteiger partial charge on any atom is 0.327 e. The van der Waals surface area contributed by atoms with E-state index in [1.807, 2.05) is 38.1 Å². The van der Waals surface area contributed by atoms with Crippen molar-refractivity contribution < 1.29 is 32.6 Å². The van der Waals surface area contributed by atoms with Crippen LogP contribution in [0.1, 0.15) is 36.9 Å². The minimum atomic E-state index is -2.51. The van der Waals surface area contributed by atoms with Crippen molar-refractivity contribution in [2.75, 3.05) is 16.2 Å². The minimum Gasteiger partial charge on any atom is -0.493 e. The number of furan rings is 1. The molecular weight excluding hydrogens is 520 g/mol. The number of nitrogens with one attached hydrogen (secondary N) is 1. The van der Waals surface area contributed by atoms with Crippen LogP contribution in [0.3, 0.4) is 0 Å². The van der Waals surface area contributed by atoms with E-state index in [1.165, 1.54) is 0 Å². The predicted octanol–water partition coefficient (Wildman–Crippen LogP) is 6.11. The standard InChI is InChI=1S/C29H30N2O7S/c1-5-37-23-7-6-8-24-25(23)18(4)27(38-24)28(32)30-21-13-9-19(10-14-21)20-11-15-22(16-12-20)31(39(35)36)26(17(2)3)29(33)34/h6-17,26H,5H2,1-4H3,(H,30,32)(H,33,34)(H,35,36). The van der Waals surface area contributed by atoms with Crippen molar-refractivity contribution in [3.05, 3.63) is 78.1 Å². The smallest absolute Gasteiger partial charge is 0.327 e. The Bertz CT molecular complexity index is 1510. The first-order valence-electron chi connectivity index (χ1n) is 12.4. The molecule has 0 saturated heterocycles. The first-order valence-corrected chi connectivity index (χ1v) is 13.5. The number of rotatable bonds is 10. The van der Waals surface area contributed by atoms with Crippen LogP contribution in [-0.4, -0.2) is 38.4 Å². The third-order valence-corrected chi connectivity index (χ3v) is 7.10. The Kier molecular flexibility index (Phi) is 8.37. The molecular formula is C29H30N2O7S. The number of carboxylic acids is 1. The molecule has 0 fully saturated rings. The van der Waals surface area contributed by atoms with E-state index in [0.717, 1.165) is 20.8 Å². The van der Waals surface area contributed by atoms with E-state index in [0.29, 0.717) is 34.9 Å². The topological polar surface area (TPSA) is 129 Å². The molecule has 0 radical (unpaired) electrons. The van der Waals surface area contributed by atoms with Crippen molar-refractivity contribution in [3.8, 4) is 16.9 Å². The van der Waals surface area contributed by atoms with Gasteiger partial charge in [-0.25, -0.2) is 9.00 Å². The van der Waals surface area contributed by atoms with Gasteiger partial charge in [0.05, 0.1) is 17.7 Å². The lowest BCUT2D eigenvalue weighted by atomic mass is 10.0. The van der Waals surface area contributed by atoms with Gasteiger partial charge < -0.3 is 19.6 Å². The number of carboxylic acid groups (broad SMARTS) is 1. The Morgan fingerprint density at radius 1 is 1.03 bits per heavy atom. The highest BCUT2D eigenvalue weighted by atomic mass is 32.2. The van der Waals surface area contributed by atoms with Crippen LogP contribution in [0.15, 0.2) is 71.1 Å². The molecule has 2 atom stereocenters. The summed E-state index contributed by atoms with van der Waals surface area (Å²) in [5, 5.41) is 13.2. The molecule has 0 saturated carbocycles. The quantitative estimate of drug-likeness (QED) is 0.203. The van der Waals surface area contributed by atoms with Crippen molar-refractivity contribution in [1.29, 1.82) is 0 Å². The van der Waals surface area contributed by atoms with Crippen LogP contribution in [0.2, 0.25) is 0 Å². The number of aliphatic carboxylic acids is 1. The maximum absolute atomic E-state index is 13.0. The summed E-state index contributed by atoms with van der Waals surface area (Å²) in [6.45, 7) is 7.58. The zero-order chi connectivity index (χ0) is 28.3. The highest BCUT2D eigenvalue weighted by Crippen LogP contribution is 2.34. The molecule has 1 heterocycles. The summed E-state index contributed by atoms with van der Waals surface area (Å²) in [5.41, 5.74) is 3.83. The number of fused-ring (bicyclic) bond motifs is 1. The number of carbonyl (C=O) groups excluding carboxylic acids is 1. The van der Waals surface area contributed by atoms with Crippen LogP contribution in [0, 0.1) is 12.8 Å². The molecule has 0 aliphatic heterocycles. The molecule has 4 aromatic rings. The first kappa shape index (κ1) is 27.9. The molecule has 204 valence electrons. The van der Waals surface area contributed by atoms with Crippen molar-refractivity contribution in [2.45, 2.75) is 33.7 Å². The van der Waals surface area contributed by atoms with Gasteiger partial charge in [0.2, 0.25) is 0 Å². The second-order valence-electron chi connectivity index (χ2n) is 9.28. The van der Waals surface area contributed by atoms with Crippen LogP contribution >= 0.6 is 0 Å². The fraction of sp³-hybridized carbons (Fsp3) is 0.241. The number of anilines is 2. The minimum absolute atomic E-state index is 0.212. The van der Waals surface area contributed by atoms with Crippen LogP contribution in [-0.2, 0) is 16.1 Å². The SMILES string of the molecule is CCOc1cccc2oc(C(=O)Nc3ccc(-c4ccc(N(C(C(=O)O)C(C)C)S(=O)O)cc4)cc3)c(C)c12. The molecule has 4 rings (SSSR count). The largest absolute Gasteiger partial charge is 0.493 e. The van der Waals surface area contributed by atoms with Gasteiger partial charge in [-0.05, 0) is 67.3 Å². The number of amides is 1. The number of nitrogens with zero attached hydrogens (tertiary/aromatic N) is 1. The van der Waals surface area contributed by atoms with E-state index in [9.17, 15) is 23.5 Å². The molecule has 0 aliphatic carbocycles. The van der Waals surface area contributed by atoms with Crippen molar-refractivity contribution in [3.63, 3.8) is 0 Å². The van der Waals surface area contributed by atoms with Gasteiger partial charge in [0.1, 0.15) is 17.4 Å². The van der Waals surface area contributed by atoms with E-state index in [1.54, 1.807) is 56.3 Å². The monoisotopic (exact) mass is 550 g/mol. The Hall–Kier alpha value is -4.15. The van der Waals surface area contributed by atoms with E-state index >= 15 is 0 Å². The summed E-state index contributed by atoms with van der Waals surface area (Å²) in [7, 11) is 0. The van der Waals surface area contributed by atoms with Crippen LogP contribution in [0.25, 0.3) is 22.1 Å². The number of hydrogen-bond acceptors (Lipinski definition) is 5. The Labute approximate surface area is 228 Å². The zero-order valence-corrected chi connectivity index (χ0v) is 22.8. The number of carbonyl (C=O) groups is 2. The van der Waals surface area contributed by atoms with E-state index in [4.69, 9.17) is 9.15 Å². The number of hydrogen-bond donors (Lipinski definition) is 3. The Morgan fingerprint density at radius 3 is 2.18 bits per heavy atom. The molecule has 0 spiro atoms. The number of aryl methyl sites for hydroxylation is 1. The lowest BCUT2D eigenvalue weighted by Gasteiger charge is -2.29. The Morgan fingerprint density at radius 2 is 1.64 bits per heavy atom. The molecule has 1 aromatic heterocycles. The van der Waals surface area contributed by atoms with Gasteiger partial charge in [0, 0.05) is 11.3 Å². The van der Waals surface area contributed by atoms with Crippen molar-refractivity contribution in [2.24, 2.45) is 5.92 Å². The van der Waals surface area contributed by atoms with Gasteiger partial charge in [0.15, 0.2) is 5.76 Å². The van der Waals surface area contributed by atoms with Crippen LogP contribution in [0.4, 0.5) is 11.4 Å². The molecule has 1 amide bonds. The maximum atomic E-state index is 13.0. The molecule has 10 heteroatoms. The second kappa shape index (κ2) is 11.7. The normalized spacial score (nSPS) is 12.8. The van der Waals surface area contributed by atoms with Gasteiger partial charge in [-0.1, -0.05) is 44.2 Å².